The fraction of sp³-hybridized carbons (Fsp3) is 0.517. The number of amides is 1. The van der Waals surface area contributed by atoms with Crippen molar-refractivity contribution >= 4 is 17.6 Å². The summed E-state index contributed by atoms with van der Waals surface area (Å²) in [6.07, 6.45) is 11.8. The van der Waals surface area contributed by atoms with E-state index in [0.29, 0.717) is 25.0 Å². The lowest BCUT2D eigenvalue weighted by Crippen LogP contribution is -2.54. The normalized spacial score (nSPS) is 20.0. The lowest BCUT2D eigenvalue weighted by molar-refractivity contribution is -0.126. The standard InChI is InChI=1S/C29H38N4O2/c30-29-32-26-17-16-25(35-24-14-8-3-9-15-24)18-23(26)20-33(29)27(21-10-4-1-5-11-21)19-31-28(34)22-12-6-2-7-13-22/h3,8-9,14-18,21-22,27H,1-2,4-7,10-13,19-20H2,(H2,30,32)(H,31,34). The highest BCUT2D eigenvalue weighted by molar-refractivity contribution is 5.84. The molecule has 1 unspecified atom stereocenters. The van der Waals surface area contributed by atoms with Crippen LogP contribution in [0.2, 0.25) is 0 Å². The number of para-hydroxylation sites is 1. The zero-order valence-electron chi connectivity index (χ0n) is 20.6. The van der Waals surface area contributed by atoms with Gasteiger partial charge >= 0.3 is 0 Å². The SMILES string of the molecule is NC1=Nc2ccc(Oc3ccccc3)cc2CN1C(CNC(=O)C1CCCCC1)C1CCCCC1. The summed E-state index contributed by atoms with van der Waals surface area (Å²) < 4.78 is 6.07. The first kappa shape index (κ1) is 23.7. The Morgan fingerprint density at radius 1 is 0.971 bits per heavy atom. The summed E-state index contributed by atoms with van der Waals surface area (Å²) in [6, 6.07) is 16.0. The molecule has 6 nitrogen and oxygen atoms in total. The van der Waals surface area contributed by atoms with Gasteiger partial charge in [0.2, 0.25) is 5.91 Å². The molecule has 5 rings (SSSR count). The minimum absolute atomic E-state index is 0.151. The number of aliphatic imine (C=N–C) groups is 1. The van der Waals surface area contributed by atoms with E-state index in [4.69, 9.17) is 15.5 Å². The third-order valence-electron chi connectivity index (χ3n) is 7.96. The van der Waals surface area contributed by atoms with Crippen LogP contribution in [0.25, 0.3) is 0 Å². The predicted octanol–water partition coefficient (Wildman–Crippen LogP) is 5.89. The second-order valence-electron chi connectivity index (χ2n) is 10.3. The maximum atomic E-state index is 13.0. The van der Waals surface area contributed by atoms with Gasteiger partial charge in [0, 0.05) is 24.6 Å². The molecule has 2 saturated carbocycles. The summed E-state index contributed by atoms with van der Waals surface area (Å²) in [7, 11) is 0. The van der Waals surface area contributed by atoms with Crippen molar-refractivity contribution in [2.75, 3.05) is 6.54 Å². The van der Waals surface area contributed by atoms with E-state index in [-0.39, 0.29) is 17.9 Å². The fourth-order valence-electron chi connectivity index (χ4n) is 5.99. The van der Waals surface area contributed by atoms with Gasteiger partial charge in [-0.15, -0.1) is 0 Å². The van der Waals surface area contributed by atoms with Crippen molar-refractivity contribution in [1.29, 1.82) is 0 Å². The fourth-order valence-corrected chi connectivity index (χ4v) is 5.99. The first-order valence-corrected chi connectivity index (χ1v) is 13.4. The monoisotopic (exact) mass is 474 g/mol. The van der Waals surface area contributed by atoms with Gasteiger partial charge in [-0.05, 0) is 61.9 Å². The number of ether oxygens (including phenoxy) is 1. The number of hydrogen-bond donors (Lipinski definition) is 2. The lowest BCUT2D eigenvalue weighted by Gasteiger charge is -2.41. The maximum absolute atomic E-state index is 13.0. The Labute approximate surface area is 208 Å². The van der Waals surface area contributed by atoms with Crippen molar-refractivity contribution in [3.05, 3.63) is 54.1 Å². The number of fused-ring (bicyclic) bond motifs is 1. The molecule has 2 aliphatic carbocycles. The first-order valence-electron chi connectivity index (χ1n) is 13.4. The highest BCUT2D eigenvalue weighted by Gasteiger charge is 2.33. The molecule has 0 bridgehead atoms. The van der Waals surface area contributed by atoms with Gasteiger partial charge in [-0.25, -0.2) is 4.99 Å². The largest absolute Gasteiger partial charge is 0.457 e. The molecule has 0 aromatic heterocycles. The van der Waals surface area contributed by atoms with E-state index in [1.807, 2.05) is 42.5 Å². The molecule has 2 aromatic carbocycles. The zero-order valence-corrected chi connectivity index (χ0v) is 20.6. The van der Waals surface area contributed by atoms with Crippen LogP contribution in [-0.2, 0) is 11.3 Å². The van der Waals surface area contributed by atoms with Crippen molar-refractivity contribution in [1.82, 2.24) is 10.2 Å². The maximum Gasteiger partial charge on any atom is 0.223 e. The van der Waals surface area contributed by atoms with E-state index in [1.165, 1.54) is 51.4 Å². The molecule has 1 amide bonds. The lowest BCUT2D eigenvalue weighted by atomic mass is 9.82. The van der Waals surface area contributed by atoms with Crippen molar-refractivity contribution in [3.8, 4) is 11.5 Å². The van der Waals surface area contributed by atoms with Crippen LogP contribution in [0, 0.1) is 11.8 Å². The van der Waals surface area contributed by atoms with E-state index in [9.17, 15) is 4.79 Å². The van der Waals surface area contributed by atoms with E-state index in [0.717, 1.165) is 35.6 Å². The van der Waals surface area contributed by atoms with Gasteiger partial charge in [-0.3, -0.25) is 4.79 Å². The summed E-state index contributed by atoms with van der Waals surface area (Å²) in [5, 5.41) is 3.32. The quantitative estimate of drug-likeness (QED) is 0.525. The number of hydrogen-bond acceptors (Lipinski definition) is 5. The number of nitrogens with two attached hydrogens (primary N) is 1. The first-order chi connectivity index (χ1) is 17.2. The summed E-state index contributed by atoms with van der Waals surface area (Å²) in [4.78, 5) is 19.9. The number of nitrogens with zero attached hydrogens (tertiary/aromatic N) is 2. The van der Waals surface area contributed by atoms with E-state index < -0.39 is 0 Å². The van der Waals surface area contributed by atoms with Crippen molar-refractivity contribution in [2.45, 2.75) is 76.8 Å². The molecule has 0 spiro atoms. The number of carbonyl (C=O) groups is 1. The zero-order chi connectivity index (χ0) is 24.0. The molecule has 1 aliphatic heterocycles. The Kier molecular flexibility index (Phi) is 7.55. The minimum atomic E-state index is 0.151. The second-order valence-corrected chi connectivity index (χ2v) is 10.3. The average molecular weight is 475 g/mol. The molecule has 0 radical (unpaired) electrons. The van der Waals surface area contributed by atoms with Crippen LogP contribution in [0.5, 0.6) is 11.5 Å². The highest BCUT2D eigenvalue weighted by atomic mass is 16.5. The average Bonchev–Trinajstić information content (AvgIpc) is 2.91. The molecule has 186 valence electrons. The van der Waals surface area contributed by atoms with Crippen LogP contribution in [0.1, 0.15) is 69.8 Å². The van der Waals surface area contributed by atoms with Gasteiger partial charge in [0.15, 0.2) is 5.96 Å². The number of nitrogens with one attached hydrogen (secondary N) is 1. The van der Waals surface area contributed by atoms with E-state index >= 15 is 0 Å². The molecule has 3 aliphatic rings. The summed E-state index contributed by atoms with van der Waals surface area (Å²) in [6.45, 7) is 1.31. The van der Waals surface area contributed by atoms with E-state index in [1.54, 1.807) is 0 Å². The summed E-state index contributed by atoms with van der Waals surface area (Å²) >= 11 is 0. The Bertz CT molecular complexity index is 1030. The molecule has 2 fully saturated rings. The molecular weight excluding hydrogens is 436 g/mol. The second kappa shape index (κ2) is 11.1. The van der Waals surface area contributed by atoms with Gasteiger partial charge in [0.1, 0.15) is 11.5 Å². The van der Waals surface area contributed by atoms with Crippen LogP contribution in [-0.4, -0.2) is 29.4 Å². The molecule has 6 heteroatoms. The Balaban J connectivity index is 1.33. The van der Waals surface area contributed by atoms with Crippen molar-refractivity contribution in [2.24, 2.45) is 22.6 Å². The Morgan fingerprint density at radius 3 is 2.43 bits per heavy atom. The van der Waals surface area contributed by atoms with Gasteiger partial charge < -0.3 is 20.7 Å². The minimum Gasteiger partial charge on any atom is -0.457 e. The molecule has 1 heterocycles. The molecular formula is C29H38N4O2. The van der Waals surface area contributed by atoms with Crippen LogP contribution < -0.4 is 15.8 Å². The van der Waals surface area contributed by atoms with Gasteiger partial charge in [0.05, 0.1) is 11.7 Å². The molecule has 0 saturated heterocycles. The molecule has 35 heavy (non-hydrogen) atoms. The van der Waals surface area contributed by atoms with Crippen molar-refractivity contribution < 1.29 is 9.53 Å². The molecule has 1 atom stereocenters. The Morgan fingerprint density at radius 2 is 1.69 bits per heavy atom. The molecule has 3 N–H and O–H groups in total. The van der Waals surface area contributed by atoms with Crippen LogP contribution in [0.3, 0.4) is 0 Å². The van der Waals surface area contributed by atoms with Gasteiger partial charge in [-0.1, -0.05) is 56.7 Å². The third kappa shape index (κ3) is 5.80. The number of guanidine groups is 1. The van der Waals surface area contributed by atoms with Gasteiger partial charge in [0.25, 0.3) is 0 Å². The van der Waals surface area contributed by atoms with E-state index in [2.05, 4.69) is 16.3 Å². The van der Waals surface area contributed by atoms with Gasteiger partial charge in [-0.2, -0.15) is 0 Å². The molecule has 2 aromatic rings. The van der Waals surface area contributed by atoms with Crippen molar-refractivity contribution in [3.63, 3.8) is 0 Å². The summed E-state index contributed by atoms with van der Waals surface area (Å²) in [5.74, 6) is 3.06. The van der Waals surface area contributed by atoms with Crippen LogP contribution in [0.4, 0.5) is 5.69 Å². The predicted molar refractivity (Wildman–Crippen MR) is 140 cm³/mol. The number of benzene rings is 2. The van der Waals surface area contributed by atoms with Crippen LogP contribution in [0.15, 0.2) is 53.5 Å². The number of carbonyl (C=O) groups excluding carboxylic acids is 1. The smallest absolute Gasteiger partial charge is 0.223 e. The number of rotatable bonds is 7. The van der Waals surface area contributed by atoms with Crippen LogP contribution >= 0.6 is 0 Å². The topological polar surface area (TPSA) is 80.0 Å². The summed E-state index contributed by atoms with van der Waals surface area (Å²) in [5.41, 5.74) is 8.54. The highest BCUT2D eigenvalue weighted by Crippen LogP contribution is 2.35. The Hall–Kier alpha value is -3.02. The third-order valence-corrected chi connectivity index (χ3v) is 7.96.